The number of methoxy groups -OCH3 is 1. The van der Waals surface area contributed by atoms with Gasteiger partial charge in [-0.2, -0.15) is 0 Å². The molecule has 1 N–H and O–H groups in total. The fourth-order valence-electron chi connectivity index (χ4n) is 2.78. The summed E-state index contributed by atoms with van der Waals surface area (Å²) in [5.41, 5.74) is 0. The van der Waals surface area contributed by atoms with Crippen molar-refractivity contribution in [1.29, 1.82) is 0 Å². The van der Waals surface area contributed by atoms with Crippen LogP contribution in [0.5, 0.6) is 0 Å². The van der Waals surface area contributed by atoms with Crippen molar-refractivity contribution in [3.63, 3.8) is 0 Å². The standard InChI is InChI=1S/C14H28N4O2.2ClH/c1-20-13-12-17-10-8-16(9-11-17)5-2-14(19)18-6-3-15-4-7-18;;/h15H,2-13H2,1H3;2*1H. The Balaban J connectivity index is 0.00000220. The monoisotopic (exact) mass is 356 g/mol. The Kier molecular flexibility index (Phi) is 12.3. The minimum atomic E-state index is 0. The summed E-state index contributed by atoms with van der Waals surface area (Å²) < 4.78 is 5.11. The van der Waals surface area contributed by atoms with Crippen LogP contribution in [0.25, 0.3) is 0 Å². The van der Waals surface area contributed by atoms with Crippen LogP contribution < -0.4 is 5.32 Å². The Morgan fingerprint density at radius 1 is 0.955 bits per heavy atom. The van der Waals surface area contributed by atoms with Gasteiger partial charge in [-0.15, -0.1) is 24.8 Å². The van der Waals surface area contributed by atoms with Crippen molar-refractivity contribution >= 4 is 30.7 Å². The zero-order valence-corrected chi connectivity index (χ0v) is 15.1. The summed E-state index contributed by atoms with van der Waals surface area (Å²) in [6, 6.07) is 0. The third kappa shape index (κ3) is 7.44. The minimum Gasteiger partial charge on any atom is -0.383 e. The van der Waals surface area contributed by atoms with Crippen molar-refractivity contribution in [3.8, 4) is 0 Å². The number of piperazine rings is 2. The fourth-order valence-corrected chi connectivity index (χ4v) is 2.78. The lowest BCUT2D eigenvalue weighted by Crippen LogP contribution is -2.49. The van der Waals surface area contributed by atoms with Crippen LogP contribution in [-0.4, -0.2) is 99.8 Å². The van der Waals surface area contributed by atoms with Gasteiger partial charge < -0.3 is 19.9 Å². The first kappa shape index (κ1) is 21.9. The first-order valence-electron chi connectivity index (χ1n) is 7.72. The molecular weight excluding hydrogens is 327 g/mol. The predicted molar refractivity (Wildman–Crippen MR) is 93.3 cm³/mol. The number of halogens is 2. The topological polar surface area (TPSA) is 48.1 Å². The molecule has 0 aromatic heterocycles. The van der Waals surface area contributed by atoms with E-state index in [9.17, 15) is 4.79 Å². The van der Waals surface area contributed by atoms with Gasteiger partial charge in [0.05, 0.1) is 6.61 Å². The lowest BCUT2D eigenvalue weighted by Gasteiger charge is -2.35. The summed E-state index contributed by atoms with van der Waals surface area (Å²) in [7, 11) is 1.75. The molecule has 2 fully saturated rings. The summed E-state index contributed by atoms with van der Waals surface area (Å²) in [5, 5.41) is 3.28. The SMILES string of the molecule is COCCN1CCN(CCC(=O)N2CCNCC2)CC1.Cl.Cl. The van der Waals surface area contributed by atoms with Crippen molar-refractivity contribution in [2.45, 2.75) is 6.42 Å². The molecule has 0 atom stereocenters. The number of amides is 1. The molecule has 0 aromatic rings. The van der Waals surface area contributed by atoms with E-state index in [1.165, 1.54) is 0 Å². The normalized spacial score (nSPS) is 20.1. The van der Waals surface area contributed by atoms with Gasteiger partial charge in [-0.25, -0.2) is 0 Å². The number of carbonyl (C=O) groups is 1. The number of rotatable bonds is 6. The van der Waals surface area contributed by atoms with Gasteiger partial charge in [-0.05, 0) is 0 Å². The first-order valence-corrected chi connectivity index (χ1v) is 7.72. The third-order valence-corrected chi connectivity index (χ3v) is 4.19. The van der Waals surface area contributed by atoms with E-state index in [0.29, 0.717) is 12.3 Å². The van der Waals surface area contributed by atoms with Gasteiger partial charge in [0, 0.05) is 79.0 Å². The Bertz CT molecular complexity index is 297. The molecule has 0 spiro atoms. The van der Waals surface area contributed by atoms with Gasteiger partial charge >= 0.3 is 0 Å². The van der Waals surface area contributed by atoms with E-state index in [4.69, 9.17) is 4.74 Å². The maximum absolute atomic E-state index is 12.1. The van der Waals surface area contributed by atoms with Crippen molar-refractivity contribution < 1.29 is 9.53 Å². The molecule has 0 aromatic carbocycles. The van der Waals surface area contributed by atoms with Gasteiger partial charge in [0.15, 0.2) is 0 Å². The second-order valence-corrected chi connectivity index (χ2v) is 5.56. The molecule has 0 bridgehead atoms. The van der Waals surface area contributed by atoms with Gasteiger partial charge in [0.25, 0.3) is 0 Å². The molecule has 2 heterocycles. The van der Waals surface area contributed by atoms with E-state index in [1.807, 2.05) is 4.90 Å². The van der Waals surface area contributed by atoms with E-state index >= 15 is 0 Å². The van der Waals surface area contributed by atoms with Gasteiger partial charge in [-0.3, -0.25) is 9.69 Å². The first-order chi connectivity index (χ1) is 9.79. The number of ether oxygens (including phenoxy) is 1. The highest BCUT2D eigenvalue weighted by molar-refractivity contribution is 5.85. The predicted octanol–water partition coefficient (Wildman–Crippen LogP) is -0.0841. The molecule has 2 aliphatic heterocycles. The molecular formula is C14H30Cl2N4O2. The molecule has 6 nitrogen and oxygen atoms in total. The van der Waals surface area contributed by atoms with Gasteiger partial charge in [0.1, 0.15) is 0 Å². The summed E-state index contributed by atoms with van der Waals surface area (Å²) in [5.74, 6) is 0.313. The number of hydrogen-bond donors (Lipinski definition) is 1. The Morgan fingerprint density at radius 2 is 1.50 bits per heavy atom. The quantitative estimate of drug-likeness (QED) is 0.721. The Hall–Kier alpha value is -0.110. The molecule has 8 heteroatoms. The summed E-state index contributed by atoms with van der Waals surface area (Å²) in [4.78, 5) is 18.9. The fraction of sp³-hybridized carbons (Fsp3) is 0.929. The van der Waals surface area contributed by atoms with Gasteiger partial charge in [0.2, 0.25) is 5.91 Å². The Labute approximate surface area is 146 Å². The van der Waals surface area contributed by atoms with E-state index in [1.54, 1.807) is 7.11 Å². The molecule has 2 saturated heterocycles. The van der Waals surface area contributed by atoms with Crippen LogP contribution in [0.4, 0.5) is 0 Å². The minimum absolute atomic E-state index is 0. The van der Waals surface area contributed by atoms with Crippen LogP contribution in [0.3, 0.4) is 0 Å². The van der Waals surface area contributed by atoms with Crippen LogP contribution in [0.15, 0.2) is 0 Å². The second-order valence-electron chi connectivity index (χ2n) is 5.56. The lowest BCUT2D eigenvalue weighted by atomic mass is 10.2. The van der Waals surface area contributed by atoms with Crippen LogP contribution in [0, 0.1) is 0 Å². The second kappa shape index (κ2) is 12.3. The van der Waals surface area contributed by atoms with E-state index < -0.39 is 0 Å². The highest BCUT2D eigenvalue weighted by atomic mass is 35.5. The molecule has 0 unspecified atom stereocenters. The van der Waals surface area contributed by atoms with Crippen LogP contribution >= 0.6 is 24.8 Å². The molecule has 132 valence electrons. The van der Waals surface area contributed by atoms with E-state index in [0.717, 1.165) is 72.1 Å². The zero-order valence-electron chi connectivity index (χ0n) is 13.5. The highest BCUT2D eigenvalue weighted by Gasteiger charge is 2.19. The smallest absolute Gasteiger partial charge is 0.223 e. The summed E-state index contributed by atoms with van der Waals surface area (Å²) >= 11 is 0. The molecule has 0 saturated carbocycles. The van der Waals surface area contributed by atoms with Crippen molar-refractivity contribution in [2.24, 2.45) is 0 Å². The number of hydrogen-bond acceptors (Lipinski definition) is 5. The number of carbonyl (C=O) groups excluding carboxylic acids is 1. The maximum atomic E-state index is 12.1. The molecule has 2 aliphatic rings. The van der Waals surface area contributed by atoms with Gasteiger partial charge in [-0.1, -0.05) is 0 Å². The molecule has 22 heavy (non-hydrogen) atoms. The number of nitrogens with zero attached hydrogens (tertiary/aromatic N) is 3. The average molecular weight is 357 g/mol. The largest absolute Gasteiger partial charge is 0.383 e. The summed E-state index contributed by atoms with van der Waals surface area (Å²) in [6.07, 6.45) is 0.665. The van der Waals surface area contributed by atoms with Crippen LogP contribution in [0.2, 0.25) is 0 Å². The van der Waals surface area contributed by atoms with Crippen LogP contribution in [-0.2, 0) is 9.53 Å². The van der Waals surface area contributed by atoms with E-state index in [-0.39, 0.29) is 24.8 Å². The molecule has 0 aliphatic carbocycles. The Morgan fingerprint density at radius 3 is 2.05 bits per heavy atom. The van der Waals surface area contributed by atoms with Crippen molar-refractivity contribution in [2.75, 3.05) is 79.2 Å². The zero-order chi connectivity index (χ0) is 14.2. The van der Waals surface area contributed by atoms with E-state index in [2.05, 4.69) is 15.1 Å². The van der Waals surface area contributed by atoms with Crippen LogP contribution in [0.1, 0.15) is 6.42 Å². The molecule has 0 radical (unpaired) electrons. The molecule has 2 rings (SSSR count). The third-order valence-electron chi connectivity index (χ3n) is 4.19. The van der Waals surface area contributed by atoms with Crippen molar-refractivity contribution in [1.82, 2.24) is 20.0 Å². The van der Waals surface area contributed by atoms with Crippen molar-refractivity contribution in [3.05, 3.63) is 0 Å². The average Bonchev–Trinajstić information content (AvgIpc) is 2.52. The molecule has 1 amide bonds. The number of nitrogens with one attached hydrogen (secondary N) is 1. The lowest BCUT2D eigenvalue weighted by molar-refractivity contribution is -0.132. The maximum Gasteiger partial charge on any atom is 0.223 e. The highest BCUT2D eigenvalue weighted by Crippen LogP contribution is 2.04. The summed E-state index contributed by atoms with van der Waals surface area (Å²) in [6.45, 7) is 10.6.